The van der Waals surface area contributed by atoms with Crippen LogP contribution in [0.1, 0.15) is 0 Å². The third-order valence-electron chi connectivity index (χ3n) is 10.8. The largest absolute Gasteiger partial charge is 0.309 e. The van der Waals surface area contributed by atoms with Crippen LogP contribution in [0, 0.1) is 0 Å². The third-order valence-corrected chi connectivity index (χ3v) is 13.1. The fraction of sp³-hybridized carbons (Fsp3) is 0. The Morgan fingerprint density at radius 3 is 1.69 bits per heavy atom. The van der Waals surface area contributed by atoms with Crippen molar-refractivity contribution in [3.05, 3.63) is 170 Å². The molecule has 0 fully saturated rings. The van der Waals surface area contributed by atoms with Gasteiger partial charge in [-0.2, -0.15) is 0 Å². The number of thiophene rings is 2. The molecule has 6 heteroatoms. The molecule has 256 valence electrons. The lowest BCUT2D eigenvalue weighted by Gasteiger charge is -2.12. The van der Waals surface area contributed by atoms with E-state index in [1.54, 1.807) is 0 Å². The molecule has 0 radical (unpaired) electrons. The first-order chi connectivity index (χ1) is 27.3. The maximum Gasteiger partial charge on any atom is 0.164 e. The highest BCUT2D eigenvalue weighted by Gasteiger charge is 2.21. The first-order valence-corrected chi connectivity index (χ1v) is 20.0. The molecule has 12 aromatic rings. The summed E-state index contributed by atoms with van der Waals surface area (Å²) in [5, 5.41) is 10.1. The lowest BCUT2D eigenvalue weighted by atomic mass is 9.98. The quantitative estimate of drug-likeness (QED) is 0.181. The van der Waals surface area contributed by atoms with Crippen molar-refractivity contribution in [1.82, 2.24) is 19.5 Å². The Hall–Kier alpha value is -6.73. The van der Waals surface area contributed by atoms with Crippen molar-refractivity contribution in [2.24, 2.45) is 0 Å². The summed E-state index contributed by atoms with van der Waals surface area (Å²) in [4.78, 5) is 15.2. The van der Waals surface area contributed by atoms with Crippen LogP contribution >= 0.6 is 22.7 Å². The fourth-order valence-corrected chi connectivity index (χ4v) is 10.7. The van der Waals surface area contributed by atoms with Crippen LogP contribution in [0.4, 0.5) is 0 Å². The van der Waals surface area contributed by atoms with E-state index in [1.165, 1.54) is 67.5 Å². The molecule has 8 aromatic carbocycles. The highest BCUT2D eigenvalue weighted by Crippen LogP contribution is 2.46. The van der Waals surface area contributed by atoms with Crippen molar-refractivity contribution in [1.29, 1.82) is 0 Å². The second kappa shape index (κ2) is 11.9. The Kier molecular flexibility index (Phi) is 6.64. The summed E-state index contributed by atoms with van der Waals surface area (Å²) >= 11 is 3.70. The van der Waals surface area contributed by atoms with Gasteiger partial charge in [0.25, 0.3) is 0 Å². The topological polar surface area (TPSA) is 43.6 Å². The Bertz CT molecular complexity index is 3430. The molecule has 4 heterocycles. The molecule has 12 rings (SSSR count). The maximum absolute atomic E-state index is 5.13. The van der Waals surface area contributed by atoms with Gasteiger partial charge < -0.3 is 4.57 Å². The summed E-state index contributed by atoms with van der Waals surface area (Å²) < 4.78 is 7.56. The number of nitrogens with zero attached hydrogens (tertiary/aromatic N) is 4. The molecule has 0 amide bonds. The molecule has 0 aliphatic carbocycles. The van der Waals surface area contributed by atoms with Gasteiger partial charge in [0, 0.05) is 73.5 Å². The molecule has 0 N–H and O–H groups in total. The maximum atomic E-state index is 5.13. The Morgan fingerprint density at radius 1 is 0.345 bits per heavy atom. The summed E-state index contributed by atoms with van der Waals surface area (Å²) in [5.74, 6) is 1.99. The van der Waals surface area contributed by atoms with Gasteiger partial charge >= 0.3 is 0 Å². The molecule has 4 nitrogen and oxygen atoms in total. The average molecular weight is 737 g/mol. The monoisotopic (exact) mass is 736 g/mol. The second-order valence-corrected chi connectivity index (χ2v) is 16.1. The lowest BCUT2D eigenvalue weighted by molar-refractivity contribution is 1.08. The Balaban J connectivity index is 1.10. The van der Waals surface area contributed by atoms with Crippen molar-refractivity contribution >= 4 is 95.6 Å². The summed E-state index contributed by atoms with van der Waals surface area (Å²) in [7, 11) is 0. The number of hydrogen-bond donors (Lipinski definition) is 0. The minimum absolute atomic E-state index is 0.661. The predicted octanol–water partition coefficient (Wildman–Crippen LogP) is 13.9. The molecule has 4 aromatic heterocycles. The normalized spacial score (nSPS) is 12.0. The van der Waals surface area contributed by atoms with E-state index in [0.29, 0.717) is 17.5 Å². The second-order valence-electron chi connectivity index (χ2n) is 13.9. The van der Waals surface area contributed by atoms with Crippen molar-refractivity contribution in [3.8, 4) is 39.9 Å². The molecule has 0 spiro atoms. The van der Waals surface area contributed by atoms with Crippen LogP contribution in [0.5, 0.6) is 0 Å². The zero-order valence-electron chi connectivity index (χ0n) is 29.3. The smallest absolute Gasteiger partial charge is 0.164 e. The zero-order chi connectivity index (χ0) is 36.0. The summed E-state index contributed by atoms with van der Waals surface area (Å²) in [5.41, 5.74) is 6.51. The molecule has 55 heavy (non-hydrogen) atoms. The first-order valence-electron chi connectivity index (χ1n) is 18.4. The van der Waals surface area contributed by atoms with E-state index in [1.807, 2.05) is 59.1 Å². The lowest BCUT2D eigenvalue weighted by Crippen LogP contribution is -2.00. The molecule has 0 aliphatic rings. The Morgan fingerprint density at radius 2 is 0.927 bits per heavy atom. The van der Waals surface area contributed by atoms with Gasteiger partial charge in [-0.15, -0.1) is 22.7 Å². The SMILES string of the molecule is c1ccc(-c2nc(-c3ccccc3)nc(-c3cc4sc5ccc(-n6c7ccccc7c7c8c(ccc76)sc6ccccc68)cc5c4c4ccccc34)n2)cc1. The summed E-state index contributed by atoms with van der Waals surface area (Å²) in [6.07, 6.45) is 0. The van der Waals surface area contributed by atoms with Gasteiger partial charge in [-0.25, -0.2) is 15.0 Å². The molecule has 0 bridgehead atoms. The number of rotatable bonds is 4. The number of hydrogen-bond acceptors (Lipinski definition) is 5. The molecule has 0 aliphatic heterocycles. The van der Waals surface area contributed by atoms with Crippen LogP contribution in [0.25, 0.3) is 113 Å². The standard InChI is InChI=1S/C49H28N4S2/c1-3-13-29(14-4-1)47-50-48(30-15-5-2-6-16-30)52-49(51-47)36-28-43-44(33-18-8-7-17-32(33)36)37-27-31(23-25-41(37)55-43)53-38-21-11-9-19-34(38)45-39(53)24-26-42-46(45)35-20-10-12-22-40(35)54-42/h1-28H. The zero-order valence-corrected chi connectivity index (χ0v) is 30.9. The highest BCUT2D eigenvalue weighted by atomic mass is 32.1. The molecular formula is C49H28N4S2. The van der Waals surface area contributed by atoms with Crippen LogP contribution in [-0.4, -0.2) is 19.5 Å². The fourth-order valence-electron chi connectivity index (χ4n) is 8.43. The van der Waals surface area contributed by atoms with E-state index < -0.39 is 0 Å². The number of fused-ring (bicyclic) bond motifs is 12. The van der Waals surface area contributed by atoms with Crippen LogP contribution in [0.2, 0.25) is 0 Å². The first kappa shape index (κ1) is 30.7. The van der Waals surface area contributed by atoms with E-state index in [-0.39, 0.29) is 0 Å². The van der Waals surface area contributed by atoms with E-state index >= 15 is 0 Å². The van der Waals surface area contributed by atoms with Gasteiger partial charge in [-0.3, -0.25) is 0 Å². The number of aromatic nitrogens is 4. The average Bonchev–Trinajstić information content (AvgIpc) is 3.93. The van der Waals surface area contributed by atoms with Gasteiger partial charge in [-0.1, -0.05) is 121 Å². The molecule has 0 saturated heterocycles. The molecule has 0 unspecified atom stereocenters. The van der Waals surface area contributed by atoms with E-state index in [4.69, 9.17) is 15.0 Å². The van der Waals surface area contributed by atoms with Crippen LogP contribution < -0.4 is 0 Å². The van der Waals surface area contributed by atoms with Crippen LogP contribution in [-0.2, 0) is 0 Å². The van der Waals surface area contributed by atoms with Gasteiger partial charge in [0.15, 0.2) is 17.5 Å². The summed E-state index contributed by atoms with van der Waals surface area (Å²) in [6, 6.07) is 60.6. The third kappa shape index (κ3) is 4.65. The minimum Gasteiger partial charge on any atom is -0.309 e. The Labute approximate surface area is 323 Å². The van der Waals surface area contributed by atoms with Gasteiger partial charge in [0.05, 0.1) is 11.0 Å². The van der Waals surface area contributed by atoms with Crippen LogP contribution in [0.3, 0.4) is 0 Å². The van der Waals surface area contributed by atoms with Gasteiger partial charge in [0.2, 0.25) is 0 Å². The van der Waals surface area contributed by atoms with Crippen molar-refractivity contribution in [2.75, 3.05) is 0 Å². The number of para-hydroxylation sites is 1. The van der Waals surface area contributed by atoms with Crippen molar-refractivity contribution < 1.29 is 0 Å². The molecule has 0 saturated carbocycles. The van der Waals surface area contributed by atoms with Gasteiger partial charge in [-0.05, 0) is 59.3 Å². The van der Waals surface area contributed by atoms with Gasteiger partial charge in [0.1, 0.15) is 0 Å². The summed E-state index contributed by atoms with van der Waals surface area (Å²) in [6.45, 7) is 0. The molecule has 0 atom stereocenters. The van der Waals surface area contributed by atoms with E-state index in [0.717, 1.165) is 27.8 Å². The number of benzene rings is 8. The minimum atomic E-state index is 0.661. The predicted molar refractivity (Wildman–Crippen MR) is 234 cm³/mol. The van der Waals surface area contributed by atoms with Crippen molar-refractivity contribution in [3.63, 3.8) is 0 Å². The highest BCUT2D eigenvalue weighted by molar-refractivity contribution is 7.26. The van der Waals surface area contributed by atoms with Crippen molar-refractivity contribution in [2.45, 2.75) is 0 Å². The van der Waals surface area contributed by atoms with Crippen LogP contribution in [0.15, 0.2) is 170 Å². The van der Waals surface area contributed by atoms with E-state index in [2.05, 4.69) is 138 Å². The van der Waals surface area contributed by atoms with E-state index in [9.17, 15) is 0 Å². The molecular weight excluding hydrogens is 709 g/mol.